The van der Waals surface area contributed by atoms with Gasteiger partial charge in [0, 0.05) is 35.9 Å². The molecule has 6 nitrogen and oxygen atoms in total. The Hall–Kier alpha value is -3.74. The third-order valence-corrected chi connectivity index (χ3v) is 5.39. The van der Waals surface area contributed by atoms with Gasteiger partial charge in [0.15, 0.2) is 5.69 Å². The summed E-state index contributed by atoms with van der Waals surface area (Å²) < 4.78 is 13.4. The lowest BCUT2D eigenvalue weighted by Crippen LogP contribution is -2.17. The van der Waals surface area contributed by atoms with Crippen LogP contribution in [0.2, 0.25) is 0 Å². The Bertz CT molecular complexity index is 1230. The van der Waals surface area contributed by atoms with Crippen LogP contribution in [0.1, 0.15) is 23.3 Å². The molecule has 0 saturated carbocycles. The van der Waals surface area contributed by atoms with Crippen LogP contribution in [0, 0.1) is 5.82 Å². The van der Waals surface area contributed by atoms with Crippen molar-refractivity contribution in [3.63, 3.8) is 0 Å². The second kappa shape index (κ2) is 7.59. The van der Waals surface area contributed by atoms with Crippen molar-refractivity contribution in [2.24, 2.45) is 0 Å². The number of halogens is 1. The third kappa shape index (κ3) is 3.50. The van der Waals surface area contributed by atoms with Gasteiger partial charge in [-0.25, -0.2) is 4.39 Å². The number of carbonyl (C=O) groups excluding carboxylic acids is 1. The Morgan fingerprint density at radius 3 is 2.73 bits per heavy atom. The molecule has 7 heteroatoms. The summed E-state index contributed by atoms with van der Waals surface area (Å²) in [6.07, 6.45) is 6.13. The van der Waals surface area contributed by atoms with Crippen LogP contribution < -0.4 is 10.2 Å². The first-order valence-electron chi connectivity index (χ1n) is 9.93. The first-order chi connectivity index (χ1) is 14.7. The number of nitrogens with zero attached hydrogens (tertiary/aromatic N) is 3. The fourth-order valence-electron chi connectivity index (χ4n) is 3.86. The second-order valence-electron chi connectivity index (χ2n) is 7.42. The zero-order valence-electron chi connectivity index (χ0n) is 16.2. The summed E-state index contributed by atoms with van der Waals surface area (Å²) in [6, 6.07) is 13.7. The van der Waals surface area contributed by atoms with Crippen LogP contribution in [-0.2, 0) is 0 Å². The number of nitrogens with one attached hydrogen (secondary N) is 2. The van der Waals surface area contributed by atoms with E-state index in [1.807, 2.05) is 30.6 Å². The van der Waals surface area contributed by atoms with E-state index >= 15 is 0 Å². The van der Waals surface area contributed by atoms with Gasteiger partial charge >= 0.3 is 0 Å². The van der Waals surface area contributed by atoms with E-state index in [2.05, 4.69) is 31.5 Å². The Morgan fingerprint density at radius 2 is 1.90 bits per heavy atom. The highest BCUT2D eigenvalue weighted by Crippen LogP contribution is 2.29. The van der Waals surface area contributed by atoms with Gasteiger partial charge in [0.2, 0.25) is 0 Å². The Morgan fingerprint density at radius 1 is 1.03 bits per heavy atom. The molecule has 5 rings (SSSR count). The molecule has 0 bridgehead atoms. The molecular formula is C23H20FN5O. The second-order valence-corrected chi connectivity index (χ2v) is 7.42. The average molecular weight is 401 g/mol. The fourth-order valence-corrected chi connectivity index (χ4v) is 3.86. The molecule has 30 heavy (non-hydrogen) atoms. The number of hydrogen-bond acceptors (Lipinski definition) is 4. The molecule has 0 unspecified atom stereocenters. The SMILES string of the molecule is O=C(Nc1cccc(F)c1)c1n[nH]c2ccc(-c3cncc(N4CCCC4)c3)cc12. The number of aromatic nitrogens is 3. The van der Waals surface area contributed by atoms with Crippen molar-refractivity contribution in [3.05, 3.63) is 72.4 Å². The summed E-state index contributed by atoms with van der Waals surface area (Å²) in [6.45, 7) is 2.10. The van der Waals surface area contributed by atoms with Gasteiger partial charge < -0.3 is 10.2 Å². The van der Waals surface area contributed by atoms with Crippen LogP contribution >= 0.6 is 0 Å². The largest absolute Gasteiger partial charge is 0.370 e. The van der Waals surface area contributed by atoms with Gasteiger partial charge in [-0.2, -0.15) is 5.10 Å². The highest BCUT2D eigenvalue weighted by molar-refractivity contribution is 6.11. The van der Waals surface area contributed by atoms with Gasteiger partial charge in [-0.1, -0.05) is 12.1 Å². The normalized spacial score (nSPS) is 13.7. The molecular weight excluding hydrogens is 381 g/mol. The van der Waals surface area contributed by atoms with E-state index in [-0.39, 0.29) is 5.69 Å². The topological polar surface area (TPSA) is 73.9 Å². The van der Waals surface area contributed by atoms with Crippen LogP contribution in [0.15, 0.2) is 60.9 Å². The van der Waals surface area contributed by atoms with Gasteiger partial charge in [0.1, 0.15) is 5.82 Å². The molecule has 2 aromatic heterocycles. The number of pyridine rings is 1. The van der Waals surface area contributed by atoms with Crippen LogP contribution in [0.5, 0.6) is 0 Å². The third-order valence-electron chi connectivity index (χ3n) is 5.39. The van der Waals surface area contributed by atoms with Gasteiger partial charge in [0.25, 0.3) is 5.91 Å². The standard InChI is InChI=1S/C23H20FN5O/c24-17-4-3-5-18(12-17)26-23(30)22-20-11-15(6-7-21(20)27-28-22)16-10-19(14-25-13-16)29-8-1-2-9-29/h3-7,10-14H,1-2,8-9H2,(H,26,30)(H,27,28). The lowest BCUT2D eigenvalue weighted by Gasteiger charge is -2.17. The molecule has 0 radical (unpaired) electrons. The molecule has 3 heterocycles. The van der Waals surface area contributed by atoms with Crippen molar-refractivity contribution in [1.29, 1.82) is 0 Å². The average Bonchev–Trinajstić information content (AvgIpc) is 3.43. The number of aromatic amines is 1. The molecule has 0 aliphatic carbocycles. The summed E-state index contributed by atoms with van der Waals surface area (Å²) in [5, 5.41) is 10.5. The predicted molar refractivity (Wildman–Crippen MR) is 115 cm³/mol. The minimum absolute atomic E-state index is 0.264. The van der Waals surface area contributed by atoms with E-state index in [1.165, 1.54) is 25.0 Å². The number of hydrogen-bond donors (Lipinski definition) is 2. The molecule has 1 aliphatic heterocycles. The van der Waals surface area contributed by atoms with Crippen molar-refractivity contribution in [2.75, 3.05) is 23.3 Å². The summed E-state index contributed by atoms with van der Waals surface area (Å²) in [5.74, 6) is -0.805. The highest BCUT2D eigenvalue weighted by Gasteiger charge is 2.17. The van der Waals surface area contributed by atoms with Gasteiger partial charge in [-0.05, 0) is 54.8 Å². The van der Waals surface area contributed by atoms with E-state index in [0.29, 0.717) is 11.1 Å². The van der Waals surface area contributed by atoms with Gasteiger partial charge in [0.05, 0.1) is 17.4 Å². The number of amides is 1. The zero-order chi connectivity index (χ0) is 20.5. The van der Waals surface area contributed by atoms with E-state index < -0.39 is 11.7 Å². The first-order valence-corrected chi connectivity index (χ1v) is 9.93. The first kappa shape index (κ1) is 18.3. The number of anilines is 2. The highest BCUT2D eigenvalue weighted by atomic mass is 19.1. The van der Waals surface area contributed by atoms with Crippen molar-refractivity contribution >= 4 is 28.2 Å². The number of benzene rings is 2. The molecule has 1 amide bonds. The number of rotatable bonds is 4. The number of fused-ring (bicyclic) bond motifs is 1. The quantitative estimate of drug-likeness (QED) is 0.523. The minimum atomic E-state index is -0.410. The molecule has 2 N–H and O–H groups in total. The summed E-state index contributed by atoms with van der Waals surface area (Å²) in [5.41, 5.74) is 4.46. The molecule has 2 aromatic carbocycles. The fraction of sp³-hybridized carbons (Fsp3) is 0.174. The maximum Gasteiger partial charge on any atom is 0.276 e. The lowest BCUT2D eigenvalue weighted by atomic mass is 10.0. The van der Waals surface area contributed by atoms with E-state index in [1.54, 1.807) is 12.1 Å². The van der Waals surface area contributed by atoms with E-state index in [0.717, 1.165) is 35.4 Å². The van der Waals surface area contributed by atoms with Crippen LogP contribution in [0.25, 0.3) is 22.0 Å². The van der Waals surface area contributed by atoms with E-state index in [9.17, 15) is 9.18 Å². The zero-order valence-corrected chi connectivity index (χ0v) is 16.2. The lowest BCUT2D eigenvalue weighted by molar-refractivity contribution is 0.102. The molecule has 150 valence electrons. The maximum atomic E-state index is 13.4. The number of H-pyrrole nitrogens is 1. The van der Waals surface area contributed by atoms with Crippen molar-refractivity contribution in [2.45, 2.75) is 12.8 Å². The summed E-state index contributed by atoms with van der Waals surface area (Å²) in [4.78, 5) is 19.5. The Labute approximate surface area is 172 Å². The van der Waals surface area contributed by atoms with Crippen LogP contribution in [-0.4, -0.2) is 34.2 Å². The van der Waals surface area contributed by atoms with E-state index in [4.69, 9.17) is 0 Å². The van der Waals surface area contributed by atoms with Gasteiger partial charge in [-0.3, -0.25) is 14.9 Å². The Kier molecular flexibility index (Phi) is 4.63. The van der Waals surface area contributed by atoms with Crippen LogP contribution in [0.4, 0.5) is 15.8 Å². The summed E-state index contributed by atoms with van der Waals surface area (Å²) in [7, 11) is 0. The predicted octanol–water partition coefficient (Wildman–Crippen LogP) is 4.62. The maximum absolute atomic E-state index is 13.4. The molecule has 1 fully saturated rings. The minimum Gasteiger partial charge on any atom is -0.370 e. The van der Waals surface area contributed by atoms with Crippen LogP contribution in [0.3, 0.4) is 0 Å². The Balaban J connectivity index is 1.47. The molecule has 0 spiro atoms. The van der Waals surface area contributed by atoms with Crippen molar-refractivity contribution in [3.8, 4) is 11.1 Å². The number of carbonyl (C=O) groups is 1. The smallest absolute Gasteiger partial charge is 0.276 e. The molecule has 1 aliphatic rings. The van der Waals surface area contributed by atoms with Crippen molar-refractivity contribution in [1.82, 2.24) is 15.2 Å². The molecule has 0 atom stereocenters. The van der Waals surface area contributed by atoms with Gasteiger partial charge in [-0.15, -0.1) is 0 Å². The summed E-state index contributed by atoms with van der Waals surface area (Å²) >= 11 is 0. The molecule has 1 saturated heterocycles. The van der Waals surface area contributed by atoms with Crippen molar-refractivity contribution < 1.29 is 9.18 Å². The molecule has 4 aromatic rings. The monoisotopic (exact) mass is 401 g/mol.